The molecule has 2 aliphatic heterocycles. The Morgan fingerprint density at radius 3 is 2.69 bits per heavy atom. The van der Waals surface area contributed by atoms with Crippen molar-refractivity contribution >= 4 is 22.9 Å². The number of piperazine rings is 1. The highest BCUT2D eigenvalue weighted by Crippen LogP contribution is 2.19. The van der Waals surface area contributed by atoms with Crippen LogP contribution in [0.25, 0.3) is 0 Å². The standard InChI is InChI=1S/C17H24FN3O4S/c18-16-11-13(19-26(23)24)4-5-15(16)17(22)21-8-6-20(7-9-21)12-14-3-1-2-10-25-14/h4-5,11,14,19H,1-3,6-10,12H2,(H,23,24). The van der Waals surface area contributed by atoms with Gasteiger partial charge in [0.1, 0.15) is 5.82 Å². The molecule has 0 aliphatic carbocycles. The summed E-state index contributed by atoms with van der Waals surface area (Å²) in [5.74, 6) is -1.06. The van der Waals surface area contributed by atoms with Crippen molar-refractivity contribution in [3.63, 3.8) is 0 Å². The molecule has 0 saturated carbocycles. The molecule has 2 N–H and O–H groups in total. The highest BCUT2D eigenvalue weighted by molar-refractivity contribution is 7.80. The highest BCUT2D eigenvalue weighted by Gasteiger charge is 2.26. The molecule has 9 heteroatoms. The van der Waals surface area contributed by atoms with Crippen LogP contribution in [0.15, 0.2) is 18.2 Å². The van der Waals surface area contributed by atoms with E-state index < -0.39 is 17.1 Å². The summed E-state index contributed by atoms with van der Waals surface area (Å²) in [6.07, 6.45) is 3.70. The molecule has 26 heavy (non-hydrogen) atoms. The van der Waals surface area contributed by atoms with Crippen LogP contribution >= 0.6 is 0 Å². The minimum atomic E-state index is -2.28. The largest absolute Gasteiger partial charge is 0.377 e. The number of anilines is 1. The Morgan fingerprint density at radius 2 is 2.08 bits per heavy atom. The molecule has 3 rings (SSSR count). The van der Waals surface area contributed by atoms with Gasteiger partial charge in [0.05, 0.1) is 17.4 Å². The molecule has 0 aromatic heterocycles. The van der Waals surface area contributed by atoms with Gasteiger partial charge in [0, 0.05) is 39.3 Å². The van der Waals surface area contributed by atoms with Crippen molar-refractivity contribution in [1.29, 1.82) is 0 Å². The highest BCUT2D eigenvalue weighted by atomic mass is 32.2. The molecule has 2 heterocycles. The smallest absolute Gasteiger partial charge is 0.259 e. The van der Waals surface area contributed by atoms with Gasteiger partial charge in [-0.3, -0.25) is 19.0 Å². The lowest BCUT2D eigenvalue weighted by molar-refractivity contribution is -0.0130. The Morgan fingerprint density at radius 1 is 1.31 bits per heavy atom. The second-order valence-corrected chi connectivity index (χ2v) is 7.33. The predicted molar refractivity (Wildman–Crippen MR) is 96.7 cm³/mol. The summed E-state index contributed by atoms with van der Waals surface area (Å²) >= 11 is -2.28. The summed E-state index contributed by atoms with van der Waals surface area (Å²) in [6, 6.07) is 3.81. The molecule has 1 aromatic rings. The van der Waals surface area contributed by atoms with Gasteiger partial charge in [-0.2, -0.15) is 0 Å². The van der Waals surface area contributed by atoms with E-state index in [1.54, 1.807) is 4.90 Å². The van der Waals surface area contributed by atoms with Gasteiger partial charge in [0.15, 0.2) is 0 Å². The minimum absolute atomic E-state index is 0.0247. The van der Waals surface area contributed by atoms with Crippen molar-refractivity contribution in [1.82, 2.24) is 9.80 Å². The van der Waals surface area contributed by atoms with Crippen LogP contribution < -0.4 is 4.72 Å². The molecule has 2 atom stereocenters. The zero-order chi connectivity index (χ0) is 18.5. The third-order valence-corrected chi connectivity index (χ3v) is 5.21. The number of ether oxygens (including phenoxy) is 1. The summed E-state index contributed by atoms with van der Waals surface area (Å²) in [5, 5.41) is 0. The molecule has 2 aliphatic rings. The molecule has 1 aromatic carbocycles. The molecular formula is C17H24FN3O4S. The van der Waals surface area contributed by atoms with Gasteiger partial charge in [-0.25, -0.2) is 8.60 Å². The van der Waals surface area contributed by atoms with Gasteiger partial charge >= 0.3 is 0 Å². The molecule has 0 radical (unpaired) electrons. The molecule has 0 bridgehead atoms. The molecule has 2 saturated heterocycles. The topological polar surface area (TPSA) is 82.1 Å². The zero-order valence-corrected chi connectivity index (χ0v) is 15.3. The van der Waals surface area contributed by atoms with Crippen LogP contribution in [0.5, 0.6) is 0 Å². The Balaban J connectivity index is 1.53. The number of carbonyl (C=O) groups is 1. The third-order valence-electron chi connectivity index (χ3n) is 4.80. The number of nitrogens with one attached hydrogen (secondary N) is 1. The fourth-order valence-corrected chi connectivity index (χ4v) is 3.72. The Bertz CT molecular complexity index is 661. The number of benzene rings is 1. The maximum Gasteiger partial charge on any atom is 0.259 e. The van der Waals surface area contributed by atoms with Gasteiger partial charge < -0.3 is 9.64 Å². The van der Waals surface area contributed by atoms with E-state index in [1.807, 2.05) is 0 Å². The summed E-state index contributed by atoms with van der Waals surface area (Å²) < 4.78 is 41.6. The van der Waals surface area contributed by atoms with E-state index in [-0.39, 0.29) is 23.3 Å². The second-order valence-electron chi connectivity index (χ2n) is 6.63. The van der Waals surface area contributed by atoms with Crippen molar-refractivity contribution < 1.29 is 22.7 Å². The lowest BCUT2D eigenvalue weighted by Crippen LogP contribution is -2.51. The van der Waals surface area contributed by atoms with Crippen molar-refractivity contribution in [3.8, 4) is 0 Å². The average molecular weight is 385 g/mol. The van der Waals surface area contributed by atoms with E-state index in [0.717, 1.165) is 45.1 Å². The van der Waals surface area contributed by atoms with E-state index in [4.69, 9.17) is 9.29 Å². The van der Waals surface area contributed by atoms with Crippen LogP contribution in [-0.2, 0) is 16.0 Å². The van der Waals surface area contributed by atoms with E-state index in [9.17, 15) is 13.4 Å². The first-order valence-corrected chi connectivity index (χ1v) is 9.94. The first kappa shape index (κ1) is 19.2. The second kappa shape index (κ2) is 8.90. The summed E-state index contributed by atoms with van der Waals surface area (Å²) in [6.45, 7) is 4.30. The molecule has 1 amide bonds. The first-order valence-electron chi connectivity index (χ1n) is 8.83. The average Bonchev–Trinajstić information content (AvgIpc) is 2.62. The van der Waals surface area contributed by atoms with Crippen LogP contribution in [0.3, 0.4) is 0 Å². The Labute approximate surface area is 154 Å². The predicted octanol–water partition coefficient (Wildman–Crippen LogP) is 1.70. The number of nitrogens with zero attached hydrogens (tertiary/aromatic N) is 2. The van der Waals surface area contributed by atoms with Crippen molar-refractivity contribution in [3.05, 3.63) is 29.6 Å². The van der Waals surface area contributed by atoms with E-state index in [2.05, 4.69) is 9.62 Å². The number of hydrogen-bond acceptors (Lipinski definition) is 4. The van der Waals surface area contributed by atoms with Crippen molar-refractivity contribution in [2.75, 3.05) is 44.1 Å². The minimum Gasteiger partial charge on any atom is -0.377 e. The summed E-state index contributed by atoms with van der Waals surface area (Å²) in [5.41, 5.74) is 0.125. The summed E-state index contributed by atoms with van der Waals surface area (Å²) in [4.78, 5) is 16.5. The number of halogens is 1. The van der Waals surface area contributed by atoms with Crippen LogP contribution in [-0.4, -0.2) is 69.9 Å². The number of carbonyl (C=O) groups excluding carboxylic acids is 1. The zero-order valence-electron chi connectivity index (χ0n) is 14.5. The Hall–Kier alpha value is -1.55. The molecule has 144 valence electrons. The normalized spacial score (nSPS) is 22.8. The van der Waals surface area contributed by atoms with Gasteiger partial charge in [0.25, 0.3) is 17.2 Å². The molecule has 2 fully saturated rings. The first-order chi connectivity index (χ1) is 12.5. The van der Waals surface area contributed by atoms with Gasteiger partial charge in [0.2, 0.25) is 0 Å². The quantitative estimate of drug-likeness (QED) is 0.754. The number of amides is 1. The molecule has 0 spiro atoms. The molecule has 7 nitrogen and oxygen atoms in total. The number of rotatable bonds is 5. The van der Waals surface area contributed by atoms with Gasteiger partial charge in [-0.05, 0) is 37.5 Å². The van der Waals surface area contributed by atoms with Crippen LogP contribution in [0, 0.1) is 5.82 Å². The van der Waals surface area contributed by atoms with Crippen molar-refractivity contribution in [2.24, 2.45) is 0 Å². The van der Waals surface area contributed by atoms with E-state index in [1.165, 1.54) is 18.6 Å². The van der Waals surface area contributed by atoms with Gasteiger partial charge in [-0.1, -0.05) is 0 Å². The molecular weight excluding hydrogens is 361 g/mol. The maximum absolute atomic E-state index is 14.2. The van der Waals surface area contributed by atoms with Crippen LogP contribution in [0.4, 0.5) is 10.1 Å². The molecule has 2 unspecified atom stereocenters. The van der Waals surface area contributed by atoms with E-state index in [0.29, 0.717) is 13.1 Å². The van der Waals surface area contributed by atoms with Gasteiger partial charge in [-0.15, -0.1) is 0 Å². The fraction of sp³-hybridized carbons (Fsp3) is 0.588. The van der Waals surface area contributed by atoms with E-state index >= 15 is 0 Å². The summed E-state index contributed by atoms with van der Waals surface area (Å²) in [7, 11) is 0. The monoisotopic (exact) mass is 385 g/mol. The fourth-order valence-electron chi connectivity index (χ4n) is 3.40. The maximum atomic E-state index is 14.2. The van der Waals surface area contributed by atoms with Crippen LogP contribution in [0.2, 0.25) is 0 Å². The third kappa shape index (κ3) is 5.00. The lowest BCUT2D eigenvalue weighted by atomic mass is 10.1. The number of hydrogen-bond donors (Lipinski definition) is 2. The van der Waals surface area contributed by atoms with Crippen LogP contribution in [0.1, 0.15) is 29.6 Å². The Kier molecular flexibility index (Phi) is 6.58. The lowest BCUT2D eigenvalue weighted by Gasteiger charge is -2.37. The SMILES string of the molecule is O=C(c1ccc(NS(=O)O)cc1F)N1CCN(CC2CCCCO2)CC1. The van der Waals surface area contributed by atoms with Crippen molar-refractivity contribution in [2.45, 2.75) is 25.4 Å².